The zero-order valence-corrected chi connectivity index (χ0v) is 20.6. The van der Waals surface area contributed by atoms with Crippen molar-refractivity contribution in [3.8, 4) is 11.5 Å². The first kappa shape index (κ1) is 22.4. The lowest BCUT2D eigenvalue weighted by Gasteiger charge is -2.11. The first-order chi connectivity index (χ1) is 17.2. The second-order valence-electron chi connectivity index (χ2n) is 9.07. The molecule has 1 unspecified atom stereocenters. The normalized spacial score (nSPS) is 20.3. The van der Waals surface area contributed by atoms with Gasteiger partial charge in [0.2, 0.25) is 5.91 Å². The molecule has 1 fully saturated rings. The highest BCUT2D eigenvalue weighted by Gasteiger charge is 2.65. The quantitative estimate of drug-likeness (QED) is 0.362. The Labute approximate surface area is 207 Å². The smallest absolute Gasteiger partial charge is 0.235 e. The van der Waals surface area contributed by atoms with Gasteiger partial charge in [-0.3, -0.25) is 9.89 Å². The Morgan fingerprint density at radius 2 is 1.89 bits per heavy atom. The maximum atomic E-state index is 13.0. The maximum Gasteiger partial charge on any atom is 0.235 e. The van der Waals surface area contributed by atoms with E-state index < -0.39 is 15.3 Å². The number of hydrogen-bond donors (Lipinski definition) is 3. The number of rotatable bonds is 6. The van der Waals surface area contributed by atoms with Gasteiger partial charge in [0.05, 0.1) is 25.2 Å². The van der Waals surface area contributed by atoms with E-state index in [1.54, 1.807) is 13.2 Å². The molecule has 2 aliphatic rings. The van der Waals surface area contributed by atoms with Gasteiger partial charge in [-0.2, -0.15) is 5.10 Å². The van der Waals surface area contributed by atoms with E-state index in [0.29, 0.717) is 18.0 Å². The van der Waals surface area contributed by atoms with Gasteiger partial charge in [0.15, 0.2) is 32.2 Å². The Morgan fingerprint density at radius 3 is 2.64 bits per heavy atom. The predicted octanol–water partition coefficient (Wildman–Crippen LogP) is 3.50. The van der Waals surface area contributed by atoms with Gasteiger partial charge in [-0.25, -0.2) is 13.4 Å². The van der Waals surface area contributed by atoms with Crippen molar-refractivity contribution in [1.82, 2.24) is 15.2 Å². The molecule has 10 nitrogen and oxygen atoms in total. The molecule has 11 heteroatoms. The predicted molar refractivity (Wildman–Crippen MR) is 134 cm³/mol. The number of aromatic amines is 1. The number of nitrogens with zero attached hydrogens (tertiary/aromatic N) is 2. The first-order valence-corrected chi connectivity index (χ1v) is 13.1. The Hall–Kier alpha value is -4.12. The molecule has 1 amide bonds. The molecule has 184 valence electrons. The molecular formula is C25H23N5O5S. The molecule has 3 N–H and O–H groups in total. The second kappa shape index (κ2) is 7.69. The van der Waals surface area contributed by atoms with Crippen molar-refractivity contribution in [1.29, 1.82) is 0 Å². The summed E-state index contributed by atoms with van der Waals surface area (Å²) in [6, 6.07) is 14.5. The SMILES string of the molecule is COc1ccc2c(c1)C1(C[C@H]1c1ccc3c(Nc4nc(S(C)(=O)=O)ccc4OC)n[nH]c3c1)C(=O)N2. The highest BCUT2D eigenvalue weighted by atomic mass is 32.2. The standard InChI is InChI=1S/C25H23N5O5S/c1-34-14-5-7-18-16(11-14)25(24(31)26-18)12-17(25)13-4-6-15-19(10-13)29-30-22(15)28-23-20(35-2)8-9-21(27-23)36(3,32)33/h4-11,17H,12H2,1-3H3,(H,26,31)(H2,27,28,29,30)/t17-,25?/m0/s1. The second-order valence-corrected chi connectivity index (χ2v) is 11.0. The van der Waals surface area contributed by atoms with Gasteiger partial charge in [0.1, 0.15) is 5.75 Å². The summed E-state index contributed by atoms with van der Waals surface area (Å²) >= 11 is 0. The van der Waals surface area contributed by atoms with Crippen LogP contribution in [-0.4, -0.2) is 50.0 Å². The summed E-state index contributed by atoms with van der Waals surface area (Å²) < 4.78 is 34.6. The van der Waals surface area contributed by atoms with Crippen LogP contribution in [0.5, 0.6) is 11.5 Å². The number of methoxy groups -OCH3 is 2. The van der Waals surface area contributed by atoms with Gasteiger partial charge in [-0.1, -0.05) is 6.07 Å². The van der Waals surface area contributed by atoms with Crippen molar-refractivity contribution < 1.29 is 22.7 Å². The summed E-state index contributed by atoms with van der Waals surface area (Å²) in [6.45, 7) is 0. The van der Waals surface area contributed by atoms with Crippen molar-refractivity contribution in [3.63, 3.8) is 0 Å². The Bertz CT molecular complexity index is 1660. The average Bonchev–Trinajstić information content (AvgIpc) is 3.42. The van der Waals surface area contributed by atoms with E-state index >= 15 is 0 Å². The molecule has 0 saturated heterocycles. The van der Waals surface area contributed by atoms with Gasteiger partial charge in [-0.05, 0) is 60.0 Å². The summed E-state index contributed by atoms with van der Waals surface area (Å²) in [6.07, 6.45) is 1.81. The Balaban J connectivity index is 1.33. The van der Waals surface area contributed by atoms with E-state index in [1.807, 2.05) is 36.4 Å². The van der Waals surface area contributed by atoms with E-state index in [9.17, 15) is 13.2 Å². The summed E-state index contributed by atoms with van der Waals surface area (Å²) in [5.74, 6) is 1.87. The number of fused-ring (bicyclic) bond motifs is 3. The van der Waals surface area contributed by atoms with E-state index in [-0.39, 0.29) is 22.7 Å². The highest BCUT2D eigenvalue weighted by Crippen LogP contribution is 2.65. The number of benzene rings is 2. The lowest BCUT2D eigenvalue weighted by molar-refractivity contribution is -0.118. The number of carbonyl (C=O) groups is 1. The third-order valence-corrected chi connectivity index (χ3v) is 7.97. The lowest BCUT2D eigenvalue weighted by atomic mass is 9.91. The van der Waals surface area contributed by atoms with Crippen LogP contribution in [0.15, 0.2) is 53.6 Å². The number of anilines is 3. The summed E-state index contributed by atoms with van der Waals surface area (Å²) in [4.78, 5) is 17.2. The summed E-state index contributed by atoms with van der Waals surface area (Å²) in [5, 5.41) is 14.2. The molecule has 6 rings (SSSR count). The van der Waals surface area contributed by atoms with Crippen LogP contribution in [0.2, 0.25) is 0 Å². The van der Waals surface area contributed by atoms with E-state index in [0.717, 1.165) is 39.7 Å². The number of amides is 1. The number of sulfone groups is 1. The highest BCUT2D eigenvalue weighted by molar-refractivity contribution is 7.90. The maximum absolute atomic E-state index is 13.0. The van der Waals surface area contributed by atoms with Gasteiger partial charge in [0, 0.05) is 23.2 Å². The topological polar surface area (TPSA) is 135 Å². The molecule has 1 aliphatic heterocycles. The number of pyridine rings is 1. The lowest BCUT2D eigenvalue weighted by Crippen LogP contribution is -2.21. The molecule has 1 aliphatic carbocycles. The zero-order valence-electron chi connectivity index (χ0n) is 19.7. The monoisotopic (exact) mass is 505 g/mol. The van der Waals surface area contributed by atoms with Crippen LogP contribution in [-0.2, 0) is 20.0 Å². The number of aromatic nitrogens is 3. The van der Waals surface area contributed by atoms with Gasteiger partial charge in [-0.15, -0.1) is 0 Å². The van der Waals surface area contributed by atoms with Crippen LogP contribution in [0.1, 0.15) is 23.5 Å². The van der Waals surface area contributed by atoms with Crippen molar-refractivity contribution in [3.05, 3.63) is 59.7 Å². The zero-order chi connectivity index (χ0) is 25.2. The molecule has 0 bridgehead atoms. The van der Waals surface area contributed by atoms with Crippen LogP contribution in [0.4, 0.5) is 17.3 Å². The van der Waals surface area contributed by atoms with Gasteiger partial charge < -0.3 is 20.1 Å². The Morgan fingerprint density at radius 1 is 1.06 bits per heavy atom. The van der Waals surface area contributed by atoms with Crippen molar-refractivity contribution in [2.24, 2.45) is 0 Å². The van der Waals surface area contributed by atoms with Gasteiger partial charge >= 0.3 is 0 Å². The van der Waals surface area contributed by atoms with Gasteiger partial charge in [0.25, 0.3) is 0 Å². The number of nitrogens with one attached hydrogen (secondary N) is 3. The molecule has 2 atom stereocenters. The number of carbonyl (C=O) groups excluding carboxylic acids is 1. The molecule has 2 aromatic carbocycles. The minimum Gasteiger partial charge on any atom is -0.497 e. The van der Waals surface area contributed by atoms with Crippen LogP contribution < -0.4 is 20.1 Å². The number of ether oxygens (including phenoxy) is 2. The van der Waals surface area contributed by atoms with Crippen molar-refractivity contribution in [2.75, 3.05) is 31.1 Å². The summed E-state index contributed by atoms with van der Waals surface area (Å²) in [7, 11) is -0.400. The van der Waals surface area contributed by atoms with Crippen LogP contribution in [0.25, 0.3) is 10.9 Å². The van der Waals surface area contributed by atoms with Crippen molar-refractivity contribution >= 4 is 44.0 Å². The third-order valence-electron chi connectivity index (χ3n) is 6.98. The molecular weight excluding hydrogens is 482 g/mol. The molecule has 36 heavy (non-hydrogen) atoms. The molecule has 1 saturated carbocycles. The fraction of sp³-hybridized carbons (Fsp3) is 0.240. The van der Waals surface area contributed by atoms with E-state index in [2.05, 4.69) is 25.8 Å². The molecule has 4 aromatic rings. The first-order valence-electron chi connectivity index (χ1n) is 11.2. The minimum absolute atomic E-state index is 0.00624. The fourth-order valence-corrected chi connectivity index (χ4v) is 5.62. The van der Waals surface area contributed by atoms with E-state index in [4.69, 9.17) is 9.47 Å². The third kappa shape index (κ3) is 3.30. The average molecular weight is 506 g/mol. The van der Waals surface area contributed by atoms with Crippen LogP contribution in [0.3, 0.4) is 0 Å². The van der Waals surface area contributed by atoms with Crippen molar-refractivity contribution in [2.45, 2.75) is 22.8 Å². The summed E-state index contributed by atoms with van der Waals surface area (Å²) in [5.41, 5.74) is 3.00. The molecule has 2 aromatic heterocycles. The van der Waals surface area contributed by atoms with E-state index in [1.165, 1.54) is 13.2 Å². The Kier molecular flexibility index (Phi) is 4.77. The largest absolute Gasteiger partial charge is 0.497 e. The van der Waals surface area contributed by atoms with Crippen LogP contribution in [0, 0.1) is 0 Å². The molecule has 3 heterocycles. The fourth-order valence-electron chi connectivity index (χ4n) is 5.05. The minimum atomic E-state index is -3.50. The molecule has 1 spiro atoms. The number of H-pyrrole nitrogens is 1. The molecule has 0 radical (unpaired) electrons. The van der Waals surface area contributed by atoms with Crippen LogP contribution >= 0.6 is 0 Å². The number of hydrogen-bond acceptors (Lipinski definition) is 8.